The summed E-state index contributed by atoms with van der Waals surface area (Å²) in [5, 5.41) is 6.88. The zero-order chi connectivity index (χ0) is 23.9. The zero-order valence-corrected chi connectivity index (χ0v) is 19.5. The molecule has 0 spiro atoms. The Hall–Kier alpha value is -3.00. The minimum atomic E-state index is -1.77. The van der Waals surface area contributed by atoms with Crippen molar-refractivity contribution in [3.63, 3.8) is 0 Å². The monoisotopic (exact) mass is 449 g/mol. The van der Waals surface area contributed by atoms with Gasteiger partial charge in [-0.1, -0.05) is 17.2 Å². The van der Waals surface area contributed by atoms with E-state index < -0.39 is 40.6 Å². The maximum Gasteiger partial charge on any atom is 0.355 e. The lowest BCUT2D eigenvalue weighted by Crippen LogP contribution is -2.44. The summed E-state index contributed by atoms with van der Waals surface area (Å²) in [4.78, 5) is 50.9. The van der Waals surface area contributed by atoms with Crippen LogP contribution < -0.4 is 10.7 Å². The molecule has 0 fully saturated rings. The van der Waals surface area contributed by atoms with Crippen molar-refractivity contribution in [1.82, 2.24) is 5.43 Å². The molecule has 0 aliphatic carbocycles. The van der Waals surface area contributed by atoms with Crippen molar-refractivity contribution in [1.29, 1.82) is 0 Å². The molecule has 8 nitrogen and oxygen atoms in total. The van der Waals surface area contributed by atoms with Gasteiger partial charge in [0.2, 0.25) is 5.78 Å². The molecule has 1 rings (SSSR count). The second kappa shape index (κ2) is 10.9. The van der Waals surface area contributed by atoms with Gasteiger partial charge in [0.25, 0.3) is 5.91 Å². The summed E-state index contributed by atoms with van der Waals surface area (Å²) in [5.41, 5.74) is 3.18. The first-order valence-corrected chi connectivity index (χ1v) is 9.87. The van der Waals surface area contributed by atoms with Crippen LogP contribution in [0.25, 0.3) is 0 Å². The van der Waals surface area contributed by atoms with E-state index in [1.54, 1.807) is 53.7 Å². The summed E-state index contributed by atoms with van der Waals surface area (Å²) < 4.78 is 4.71. The maximum atomic E-state index is 13.0. The minimum absolute atomic E-state index is 0.348. The number of amides is 1. The number of hydrogen-bond acceptors (Lipinski definition) is 7. The van der Waals surface area contributed by atoms with Crippen LogP contribution in [0.1, 0.15) is 40.2 Å². The fourth-order valence-corrected chi connectivity index (χ4v) is 2.63. The van der Waals surface area contributed by atoms with Crippen LogP contribution >= 0.6 is 11.6 Å². The van der Waals surface area contributed by atoms with Crippen LogP contribution in [-0.2, 0) is 23.9 Å². The molecule has 0 aromatic heterocycles. The van der Waals surface area contributed by atoms with E-state index in [2.05, 4.69) is 15.8 Å². The van der Waals surface area contributed by atoms with Crippen LogP contribution in [0, 0.1) is 12.8 Å². The van der Waals surface area contributed by atoms with Crippen LogP contribution in [0.4, 0.5) is 5.69 Å². The molecule has 0 saturated carbocycles. The van der Waals surface area contributed by atoms with E-state index >= 15 is 0 Å². The third kappa shape index (κ3) is 7.97. The van der Waals surface area contributed by atoms with Crippen LogP contribution in [0.3, 0.4) is 0 Å². The number of rotatable bonds is 8. The summed E-state index contributed by atoms with van der Waals surface area (Å²) in [7, 11) is 1.10. The highest BCUT2D eigenvalue weighted by Gasteiger charge is 2.39. The first-order valence-electron chi connectivity index (χ1n) is 9.50. The number of anilines is 1. The number of Topliss-reactive ketones (excluding diaryl/α,β-unsaturated/α-hetero) is 1. The van der Waals surface area contributed by atoms with E-state index in [0.29, 0.717) is 21.8 Å². The smallest absolute Gasteiger partial charge is 0.355 e. The quantitative estimate of drug-likeness (QED) is 0.157. The molecule has 1 unspecified atom stereocenters. The lowest BCUT2D eigenvalue weighted by Gasteiger charge is -2.20. The molecule has 9 heteroatoms. The average Bonchev–Trinajstić information content (AvgIpc) is 2.64. The van der Waals surface area contributed by atoms with E-state index in [9.17, 15) is 19.2 Å². The normalized spacial score (nSPS) is 12.5. The molecule has 0 heterocycles. The second-order valence-electron chi connectivity index (χ2n) is 8.19. The molecule has 0 aliphatic heterocycles. The van der Waals surface area contributed by atoms with Crippen molar-refractivity contribution < 1.29 is 23.9 Å². The number of methoxy groups -OCH3 is 1. The third-order valence-electron chi connectivity index (χ3n) is 3.82. The molecule has 1 amide bonds. The number of hydrazone groups is 1. The Bertz CT molecular complexity index is 941. The van der Waals surface area contributed by atoms with Crippen molar-refractivity contribution in [2.75, 3.05) is 12.4 Å². The molecule has 1 atom stereocenters. The van der Waals surface area contributed by atoms with Gasteiger partial charge in [-0.15, -0.1) is 0 Å². The molecule has 1 aromatic carbocycles. The van der Waals surface area contributed by atoms with Gasteiger partial charge in [0.1, 0.15) is 5.92 Å². The molecule has 2 N–H and O–H groups in total. The number of nitrogens with one attached hydrogen (secondary N) is 2. The van der Waals surface area contributed by atoms with Crippen molar-refractivity contribution in [2.45, 2.75) is 47.1 Å². The number of carbonyl (C=O) groups is 4. The summed E-state index contributed by atoms with van der Waals surface area (Å²) in [6.45, 7) is 10.3. The SMILES string of the molecule is COC(=O)/C(=N\NC(C)(C)C)C(C(=O)C=C(C)C)C(=O)C(=O)Nc1ccc(Cl)cc1C. The van der Waals surface area contributed by atoms with Gasteiger partial charge < -0.3 is 15.5 Å². The molecule has 1 aromatic rings. The highest BCUT2D eigenvalue weighted by Crippen LogP contribution is 2.20. The van der Waals surface area contributed by atoms with Gasteiger partial charge >= 0.3 is 5.97 Å². The first kappa shape index (κ1) is 26.0. The Kier molecular flexibility index (Phi) is 9.12. The molecular weight excluding hydrogens is 422 g/mol. The Morgan fingerprint density at radius 3 is 2.26 bits per heavy atom. The predicted octanol–water partition coefficient (Wildman–Crippen LogP) is 3.22. The topological polar surface area (TPSA) is 114 Å². The Balaban J connectivity index is 3.42. The third-order valence-corrected chi connectivity index (χ3v) is 4.05. The number of aryl methyl sites for hydroxylation is 1. The van der Waals surface area contributed by atoms with Crippen LogP contribution in [0.15, 0.2) is 34.9 Å². The molecule has 31 heavy (non-hydrogen) atoms. The number of ketones is 2. The largest absolute Gasteiger partial charge is 0.464 e. The van der Waals surface area contributed by atoms with Crippen LogP contribution in [-0.4, -0.2) is 41.8 Å². The van der Waals surface area contributed by atoms with E-state index in [1.807, 2.05) is 0 Å². The van der Waals surface area contributed by atoms with Gasteiger partial charge in [-0.3, -0.25) is 14.4 Å². The number of esters is 1. The van der Waals surface area contributed by atoms with Gasteiger partial charge in [-0.25, -0.2) is 4.79 Å². The van der Waals surface area contributed by atoms with Gasteiger partial charge in [-0.2, -0.15) is 5.10 Å². The molecular formula is C22H28ClN3O5. The fraction of sp³-hybridized carbons (Fsp3) is 0.409. The van der Waals surface area contributed by atoms with E-state index in [0.717, 1.165) is 7.11 Å². The summed E-state index contributed by atoms with van der Waals surface area (Å²) in [5.74, 6) is -5.74. The second-order valence-corrected chi connectivity index (χ2v) is 8.62. The van der Waals surface area contributed by atoms with Crippen LogP contribution in [0.5, 0.6) is 0 Å². The van der Waals surface area contributed by atoms with E-state index in [4.69, 9.17) is 16.3 Å². The van der Waals surface area contributed by atoms with Crippen molar-refractivity contribution in [3.8, 4) is 0 Å². The molecule has 0 aliphatic rings. The van der Waals surface area contributed by atoms with Gasteiger partial charge in [0, 0.05) is 16.2 Å². The molecule has 0 radical (unpaired) electrons. The van der Waals surface area contributed by atoms with E-state index in [1.165, 1.54) is 12.1 Å². The Labute approximate surface area is 187 Å². The summed E-state index contributed by atoms with van der Waals surface area (Å²) in [6.07, 6.45) is 1.18. The molecule has 0 bridgehead atoms. The maximum absolute atomic E-state index is 13.0. The summed E-state index contributed by atoms with van der Waals surface area (Å²) in [6, 6.07) is 4.70. The first-order chi connectivity index (χ1) is 14.3. The van der Waals surface area contributed by atoms with Gasteiger partial charge in [0.05, 0.1) is 7.11 Å². The van der Waals surface area contributed by atoms with Gasteiger partial charge in [-0.05, 0) is 71.4 Å². The van der Waals surface area contributed by atoms with Crippen LogP contribution in [0.2, 0.25) is 5.02 Å². The lowest BCUT2D eigenvalue weighted by molar-refractivity contribution is -0.140. The number of benzene rings is 1. The average molecular weight is 450 g/mol. The highest BCUT2D eigenvalue weighted by atomic mass is 35.5. The standard InChI is InChI=1S/C22H28ClN3O5/c1-12(2)10-16(27)17(18(21(30)31-7)25-26-22(4,5)6)19(28)20(29)24-15-9-8-14(23)11-13(15)3/h8-11,17,26H,1-7H3,(H,24,29)/b25-18-. The number of nitrogens with zero attached hydrogens (tertiary/aromatic N) is 1. The van der Waals surface area contributed by atoms with Crippen molar-refractivity contribution in [2.24, 2.45) is 11.0 Å². The summed E-state index contributed by atoms with van der Waals surface area (Å²) >= 11 is 5.92. The molecule has 0 saturated heterocycles. The minimum Gasteiger partial charge on any atom is -0.464 e. The number of carbonyl (C=O) groups excluding carboxylic acids is 4. The predicted molar refractivity (Wildman–Crippen MR) is 120 cm³/mol. The number of allylic oxidation sites excluding steroid dienone is 2. The molecule has 168 valence electrons. The number of halogens is 1. The Morgan fingerprint density at radius 1 is 1.16 bits per heavy atom. The number of hydrogen-bond donors (Lipinski definition) is 2. The lowest BCUT2D eigenvalue weighted by atomic mass is 9.91. The zero-order valence-electron chi connectivity index (χ0n) is 18.8. The van der Waals surface area contributed by atoms with E-state index in [-0.39, 0.29) is 0 Å². The Morgan fingerprint density at radius 2 is 1.77 bits per heavy atom. The fourth-order valence-electron chi connectivity index (χ4n) is 2.40. The van der Waals surface area contributed by atoms with Gasteiger partial charge in [0.15, 0.2) is 11.5 Å². The van der Waals surface area contributed by atoms with Crippen molar-refractivity contribution in [3.05, 3.63) is 40.4 Å². The van der Waals surface area contributed by atoms with Crippen molar-refractivity contribution >= 4 is 46.4 Å². The number of ether oxygens (including phenoxy) is 1. The highest BCUT2D eigenvalue weighted by molar-refractivity contribution is 6.56.